The van der Waals surface area contributed by atoms with Crippen molar-refractivity contribution in [1.82, 2.24) is 4.98 Å². The maximum absolute atomic E-state index is 13.1. The molecule has 1 aromatic heterocycles. The molecule has 0 unspecified atom stereocenters. The monoisotopic (exact) mass is 516 g/mol. The molecule has 192 valence electrons. The number of esters is 1. The number of para-hydroxylation sites is 1. The molecule has 2 atom stereocenters. The maximum Gasteiger partial charge on any atom is 0.339 e. The van der Waals surface area contributed by atoms with Gasteiger partial charge in [-0.3, -0.25) is 19.3 Å². The Morgan fingerprint density at radius 1 is 0.821 bits per heavy atom. The summed E-state index contributed by atoms with van der Waals surface area (Å²) in [7, 11) is 0. The van der Waals surface area contributed by atoms with Gasteiger partial charge in [0.05, 0.1) is 34.3 Å². The lowest BCUT2D eigenvalue weighted by atomic mass is 9.85. The van der Waals surface area contributed by atoms with E-state index < -0.39 is 5.97 Å². The topological polar surface area (TPSA) is 93.6 Å². The average molecular weight is 517 g/mol. The van der Waals surface area contributed by atoms with E-state index in [4.69, 9.17) is 9.72 Å². The average Bonchev–Trinajstić information content (AvgIpc) is 3.25. The van der Waals surface area contributed by atoms with Crippen molar-refractivity contribution in [1.29, 1.82) is 0 Å². The van der Waals surface area contributed by atoms with E-state index in [2.05, 4.69) is 0 Å². The molecule has 2 aliphatic rings. The third kappa shape index (κ3) is 4.52. The summed E-state index contributed by atoms with van der Waals surface area (Å²) < 4.78 is 5.40. The first-order valence-electron chi connectivity index (χ1n) is 12.8. The zero-order chi connectivity index (χ0) is 26.9. The van der Waals surface area contributed by atoms with E-state index in [1.807, 2.05) is 30.4 Å². The first-order chi connectivity index (χ1) is 19.0. The van der Waals surface area contributed by atoms with Gasteiger partial charge in [-0.2, -0.15) is 0 Å². The third-order valence-corrected chi connectivity index (χ3v) is 7.30. The number of ketones is 1. The number of imide groups is 1. The number of Topliss-reactive ketones (excluding diaryl/α,β-unsaturated/α-hetero) is 1. The molecule has 0 saturated carbocycles. The van der Waals surface area contributed by atoms with Gasteiger partial charge in [0.1, 0.15) is 0 Å². The predicted molar refractivity (Wildman–Crippen MR) is 146 cm³/mol. The molecule has 0 radical (unpaired) electrons. The summed E-state index contributed by atoms with van der Waals surface area (Å²) in [6.07, 6.45) is 5.09. The molecule has 39 heavy (non-hydrogen) atoms. The van der Waals surface area contributed by atoms with Crippen molar-refractivity contribution in [3.8, 4) is 11.3 Å². The number of benzene rings is 3. The minimum Gasteiger partial charge on any atom is -0.454 e. The quantitative estimate of drug-likeness (QED) is 0.148. The molecule has 7 heteroatoms. The molecule has 7 nitrogen and oxygen atoms in total. The lowest BCUT2D eigenvalue weighted by Gasteiger charge is -2.15. The van der Waals surface area contributed by atoms with Crippen molar-refractivity contribution in [3.05, 3.63) is 108 Å². The summed E-state index contributed by atoms with van der Waals surface area (Å²) in [6, 6.07) is 24.5. The van der Waals surface area contributed by atoms with Crippen molar-refractivity contribution in [3.63, 3.8) is 0 Å². The van der Waals surface area contributed by atoms with Crippen LogP contribution in [0.1, 0.15) is 33.6 Å². The summed E-state index contributed by atoms with van der Waals surface area (Å²) in [6.45, 7) is -0.376. The number of amides is 2. The molecule has 0 N–H and O–H groups in total. The van der Waals surface area contributed by atoms with E-state index in [0.29, 0.717) is 51.8 Å². The van der Waals surface area contributed by atoms with Crippen molar-refractivity contribution < 1.29 is 23.9 Å². The van der Waals surface area contributed by atoms with Gasteiger partial charge in [0, 0.05) is 16.5 Å². The van der Waals surface area contributed by atoms with E-state index in [0.717, 1.165) is 0 Å². The molecule has 6 rings (SSSR count). The van der Waals surface area contributed by atoms with Gasteiger partial charge in [-0.05, 0) is 37.1 Å². The van der Waals surface area contributed by atoms with Crippen LogP contribution in [0.2, 0.25) is 0 Å². The van der Waals surface area contributed by atoms with Gasteiger partial charge >= 0.3 is 5.97 Å². The minimum atomic E-state index is -0.625. The second kappa shape index (κ2) is 10.1. The van der Waals surface area contributed by atoms with E-state index >= 15 is 0 Å². The Labute approximate surface area is 224 Å². The molecule has 1 fully saturated rings. The fourth-order valence-corrected chi connectivity index (χ4v) is 5.24. The van der Waals surface area contributed by atoms with Gasteiger partial charge < -0.3 is 4.74 Å². The molecular weight excluding hydrogens is 492 g/mol. The number of carbonyl (C=O) groups excluding carboxylic acids is 4. The first kappa shape index (κ1) is 24.4. The van der Waals surface area contributed by atoms with Crippen molar-refractivity contribution >= 4 is 40.2 Å². The smallest absolute Gasteiger partial charge is 0.339 e. The van der Waals surface area contributed by atoms with Gasteiger partial charge in [0.15, 0.2) is 12.4 Å². The summed E-state index contributed by atoms with van der Waals surface area (Å²) in [5.41, 5.74) is 3.11. The van der Waals surface area contributed by atoms with Crippen LogP contribution in [-0.4, -0.2) is 35.2 Å². The van der Waals surface area contributed by atoms with Crippen LogP contribution in [-0.2, 0) is 14.3 Å². The molecule has 2 heterocycles. The summed E-state index contributed by atoms with van der Waals surface area (Å²) in [5, 5.41) is 0.611. The Hall–Kier alpha value is -4.91. The molecule has 1 aliphatic heterocycles. The van der Waals surface area contributed by atoms with Crippen LogP contribution >= 0.6 is 0 Å². The fourth-order valence-electron chi connectivity index (χ4n) is 5.24. The number of hydrogen-bond acceptors (Lipinski definition) is 6. The number of fused-ring (bicyclic) bond motifs is 2. The van der Waals surface area contributed by atoms with Crippen molar-refractivity contribution in [2.75, 3.05) is 11.5 Å². The normalized spacial score (nSPS) is 18.3. The Morgan fingerprint density at radius 2 is 1.46 bits per heavy atom. The largest absolute Gasteiger partial charge is 0.454 e. The maximum atomic E-state index is 13.1. The second-order valence-corrected chi connectivity index (χ2v) is 9.65. The Kier molecular flexibility index (Phi) is 6.32. The summed E-state index contributed by atoms with van der Waals surface area (Å²) >= 11 is 0. The molecular formula is C32H24N2O5. The number of ether oxygens (including phenoxy) is 1. The molecule has 1 saturated heterocycles. The standard InChI is InChI=1S/C32H24N2O5/c35-29(21-8-2-1-3-9-21)19-39-32(38)26-18-28(33-27-13-7-6-10-23(26)27)20-14-16-22(17-15-20)34-30(36)24-11-4-5-12-25(24)31(34)37/h1-10,13-18,24-25H,11-12,19H2/t24-,25-/m1/s1. The molecule has 0 spiro atoms. The number of aromatic nitrogens is 1. The highest BCUT2D eigenvalue weighted by Gasteiger charge is 2.47. The highest BCUT2D eigenvalue weighted by Crippen LogP contribution is 2.38. The molecule has 2 amide bonds. The van der Waals surface area contributed by atoms with Crippen LogP contribution in [0.3, 0.4) is 0 Å². The second-order valence-electron chi connectivity index (χ2n) is 9.65. The predicted octanol–water partition coefficient (Wildman–Crippen LogP) is 5.40. The number of rotatable bonds is 6. The van der Waals surface area contributed by atoms with Gasteiger partial charge in [-0.15, -0.1) is 0 Å². The van der Waals surface area contributed by atoms with Gasteiger partial charge in [0.25, 0.3) is 0 Å². The Bertz CT molecular complexity index is 1620. The van der Waals surface area contributed by atoms with Gasteiger partial charge in [-0.1, -0.05) is 72.8 Å². The van der Waals surface area contributed by atoms with Crippen LogP contribution < -0.4 is 4.90 Å². The number of nitrogens with zero attached hydrogens (tertiary/aromatic N) is 2. The van der Waals surface area contributed by atoms with Crippen LogP contribution in [0.4, 0.5) is 5.69 Å². The SMILES string of the molecule is O=C(COC(=O)c1cc(-c2ccc(N3C(=O)[C@@H]4CC=CC[C@H]4C3=O)cc2)nc2ccccc12)c1ccccc1. The molecule has 3 aromatic carbocycles. The minimum absolute atomic E-state index is 0.166. The summed E-state index contributed by atoms with van der Waals surface area (Å²) in [5.74, 6) is -1.85. The van der Waals surface area contributed by atoms with E-state index in [9.17, 15) is 19.2 Å². The van der Waals surface area contributed by atoms with Gasteiger partial charge in [-0.25, -0.2) is 9.78 Å². The van der Waals surface area contributed by atoms with E-state index in [1.165, 1.54) is 4.90 Å². The number of allylic oxidation sites excluding steroid dienone is 2. The number of carbonyl (C=O) groups is 4. The highest BCUT2D eigenvalue weighted by molar-refractivity contribution is 6.22. The third-order valence-electron chi connectivity index (χ3n) is 7.30. The van der Waals surface area contributed by atoms with E-state index in [1.54, 1.807) is 66.7 Å². The van der Waals surface area contributed by atoms with Crippen molar-refractivity contribution in [2.45, 2.75) is 12.8 Å². The first-order valence-corrected chi connectivity index (χ1v) is 12.8. The van der Waals surface area contributed by atoms with Crippen LogP contribution in [0.25, 0.3) is 22.2 Å². The highest BCUT2D eigenvalue weighted by atomic mass is 16.5. The van der Waals surface area contributed by atoms with Gasteiger partial charge in [0.2, 0.25) is 11.8 Å². The lowest BCUT2D eigenvalue weighted by molar-refractivity contribution is -0.122. The van der Waals surface area contributed by atoms with Crippen LogP contribution in [0.5, 0.6) is 0 Å². The Balaban J connectivity index is 1.27. The fraction of sp³-hybridized carbons (Fsp3) is 0.156. The number of anilines is 1. The molecule has 0 bridgehead atoms. The Morgan fingerprint density at radius 3 is 2.15 bits per heavy atom. The van der Waals surface area contributed by atoms with Crippen LogP contribution in [0, 0.1) is 11.8 Å². The van der Waals surface area contributed by atoms with Crippen molar-refractivity contribution in [2.24, 2.45) is 11.8 Å². The van der Waals surface area contributed by atoms with Crippen LogP contribution in [0.15, 0.2) is 97.1 Å². The zero-order valence-electron chi connectivity index (χ0n) is 20.9. The molecule has 4 aromatic rings. The summed E-state index contributed by atoms with van der Waals surface area (Å²) in [4.78, 5) is 57.5. The zero-order valence-corrected chi connectivity index (χ0v) is 20.9. The number of pyridine rings is 1. The molecule has 1 aliphatic carbocycles. The lowest BCUT2D eigenvalue weighted by Crippen LogP contribution is -2.30. The number of hydrogen-bond donors (Lipinski definition) is 0. The van der Waals surface area contributed by atoms with E-state index in [-0.39, 0.29) is 36.0 Å².